The summed E-state index contributed by atoms with van der Waals surface area (Å²) in [6.45, 7) is 4.53. The van der Waals surface area contributed by atoms with Gasteiger partial charge in [0.2, 0.25) is 5.91 Å². The van der Waals surface area contributed by atoms with Crippen LogP contribution in [0.3, 0.4) is 0 Å². The summed E-state index contributed by atoms with van der Waals surface area (Å²) >= 11 is 0. The molecular formula is C12H20N2O2. The second kappa shape index (κ2) is 4.00. The summed E-state index contributed by atoms with van der Waals surface area (Å²) in [6.07, 6.45) is 4.50. The summed E-state index contributed by atoms with van der Waals surface area (Å²) in [5.41, 5.74) is 0.100. The van der Waals surface area contributed by atoms with Crippen molar-refractivity contribution >= 4 is 5.91 Å². The molecule has 3 fully saturated rings. The number of piperidine rings is 1. The molecule has 3 aliphatic rings. The highest BCUT2D eigenvalue weighted by Gasteiger charge is 2.44. The molecule has 3 heterocycles. The van der Waals surface area contributed by atoms with Crippen molar-refractivity contribution in [1.82, 2.24) is 10.2 Å². The minimum Gasteiger partial charge on any atom is -0.379 e. The molecule has 0 radical (unpaired) electrons. The van der Waals surface area contributed by atoms with Crippen molar-refractivity contribution in [1.29, 1.82) is 0 Å². The molecule has 3 aliphatic heterocycles. The zero-order chi connectivity index (χ0) is 11.0. The van der Waals surface area contributed by atoms with Crippen molar-refractivity contribution in [2.24, 2.45) is 5.92 Å². The lowest BCUT2D eigenvalue weighted by atomic mass is 9.88. The molecule has 4 heteroatoms. The first-order valence-electron chi connectivity index (χ1n) is 6.41. The van der Waals surface area contributed by atoms with Crippen LogP contribution in [0.25, 0.3) is 0 Å². The number of fused-ring (bicyclic) bond motifs is 3. The maximum Gasteiger partial charge on any atom is 0.224 e. The minimum atomic E-state index is 0.100. The molecule has 0 aromatic carbocycles. The van der Waals surface area contributed by atoms with Gasteiger partial charge in [-0.2, -0.15) is 0 Å². The van der Waals surface area contributed by atoms with Gasteiger partial charge in [0.05, 0.1) is 18.1 Å². The lowest BCUT2D eigenvalue weighted by Gasteiger charge is -2.46. The predicted molar refractivity (Wildman–Crippen MR) is 60.1 cm³/mol. The fraction of sp³-hybridized carbons (Fsp3) is 0.917. The summed E-state index contributed by atoms with van der Waals surface area (Å²) < 4.78 is 5.65. The fourth-order valence-corrected chi connectivity index (χ4v) is 3.36. The maximum absolute atomic E-state index is 11.9. The second-order valence-electron chi connectivity index (χ2n) is 5.38. The van der Waals surface area contributed by atoms with Gasteiger partial charge in [-0.05, 0) is 32.2 Å². The smallest absolute Gasteiger partial charge is 0.224 e. The quantitative estimate of drug-likeness (QED) is 0.646. The molecular weight excluding hydrogens is 204 g/mol. The van der Waals surface area contributed by atoms with Crippen LogP contribution in [-0.4, -0.2) is 49.2 Å². The number of hydrogen-bond acceptors (Lipinski definition) is 3. The Morgan fingerprint density at radius 1 is 1.44 bits per heavy atom. The molecule has 2 bridgehead atoms. The van der Waals surface area contributed by atoms with Crippen LogP contribution in [0.15, 0.2) is 0 Å². The Morgan fingerprint density at radius 2 is 2.38 bits per heavy atom. The van der Waals surface area contributed by atoms with Gasteiger partial charge in [0.25, 0.3) is 0 Å². The predicted octanol–water partition coefficient (Wildman–Crippen LogP) is 0.377. The van der Waals surface area contributed by atoms with Crippen molar-refractivity contribution in [3.63, 3.8) is 0 Å². The van der Waals surface area contributed by atoms with Crippen molar-refractivity contribution in [3.8, 4) is 0 Å². The van der Waals surface area contributed by atoms with Crippen molar-refractivity contribution in [3.05, 3.63) is 0 Å². The molecule has 1 N–H and O–H groups in total. The van der Waals surface area contributed by atoms with E-state index in [1.165, 1.54) is 6.42 Å². The summed E-state index contributed by atoms with van der Waals surface area (Å²) in [6, 6.07) is 0. The van der Waals surface area contributed by atoms with Gasteiger partial charge >= 0.3 is 0 Å². The number of nitrogens with zero attached hydrogens (tertiary/aromatic N) is 1. The molecule has 16 heavy (non-hydrogen) atoms. The van der Waals surface area contributed by atoms with Crippen LogP contribution in [0.4, 0.5) is 0 Å². The molecule has 0 aliphatic carbocycles. The molecule has 0 aromatic rings. The summed E-state index contributed by atoms with van der Waals surface area (Å²) in [7, 11) is 0. The fourth-order valence-electron chi connectivity index (χ4n) is 3.36. The Hall–Kier alpha value is -0.610. The van der Waals surface area contributed by atoms with E-state index >= 15 is 0 Å². The van der Waals surface area contributed by atoms with Crippen LogP contribution >= 0.6 is 0 Å². The van der Waals surface area contributed by atoms with Crippen LogP contribution in [0.5, 0.6) is 0 Å². The average molecular weight is 224 g/mol. The molecule has 1 amide bonds. The zero-order valence-electron chi connectivity index (χ0n) is 9.71. The average Bonchev–Trinajstić information content (AvgIpc) is 2.44. The van der Waals surface area contributed by atoms with E-state index in [-0.39, 0.29) is 17.4 Å². The Bertz CT molecular complexity index is 287. The lowest BCUT2D eigenvalue weighted by Crippen LogP contribution is -2.59. The first kappa shape index (κ1) is 10.5. The molecule has 0 saturated carbocycles. The Kier molecular flexibility index (Phi) is 2.64. The third-order valence-electron chi connectivity index (χ3n) is 4.36. The SMILES string of the molecule is O=C1NCC2(CCCOC2)N2CCCC1C2. The van der Waals surface area contributed by atoms with Crippen LogP contribution < -0.4 is 5.32 Å². The Labute approximate surface area is 96.3 Å². The summed E-state index contributed by atoms with van der Waals surface area (Å²) in [5, 5.41) is 3.12. The highest BCUT2D eigenvalue weighted by molar-refractivity contribution is 5.79. The van der Waals surface area contributed by atoms with E-state index < -0.39 is 0 Å². The molecule has 0 aromatic heterocycles. The van der Waals surface area contributed by atoms with Gasteiger partial charge in [0.15, 0.2) is 0 Å². The first-order valence-corrected chi connectivity index (χ1v) is 6.41. The van der Waals surface area contributed by atoms with Crippen molar-refractivity contribution in [2.45, 2.75) is 31.2 Å². The molecule has 1 spiro atoms. The zero-order valence-corrected chi connectivity index (χ0v) is 9.71. The number of amides is 1. The van der Waals surface area contributed by atoms with Crippen molar-refractivity contribution in [2.75, 3.05) is 32.8 Å². The number of carbonyl (C=O) groups excluding carboxylic acids is 1. The van der Waals surface area contributed by atoms with Gasteiger partial charge in [-0.25, -0.2) is 0 Å². The standard InChI is InChI=1S/C12H20N2O2/c15-11-10-3-1-5-14(7-10)12(8-13-11)4-2-6-16-9-12/h10H,1-9H2,(H,13,15). The normalized spacial score (nSPS) is 43.9. The van der Waals surface area contributed by atoms with Crippen LogP contribution in [0.1, 0.15) is 25.7 Å². The third-order valence-corrected chi connectivity index (χ3v) is 4.36. The van der Waals surface area contributed by atoms with E-state index in [0.717, 1.165) is 52.1 Å². The topological polar surface area (TPSA) is 41.6 Å². The van der Waals surface area contributed by atoms with E-state index in [1.807, 2.05) is 0 Å². The number of carbonyl (C=O) groups is 1. The number of hydrogen-bond donors (Lipinski definition) is 1. The van der Waals surface area contributed by atoms with Gasteiger partial charge < -0.3 is 10.1 Å². The Balaban J connectivity index is 1.85. The molecule has 3 saturated heterocycles. The second-order valence-corrected chi connectivity index (χ2v) is 5.38. The summed E-state index contributed by atoms with van der Waals surface area (Å²) in [5.74, 6) is 0.474. The van der Waals surface area contributed by atoms with E-state index in [4.69, 9.17) is 4.74 Å². The van der Waals surface area contributed by atoms with E-state index in [1.54, 1.807) is 0 Å². The van der Waals surface area contributed by atoms with E-state index in [2.05, 4.69) is 10.2 Å². The lowest BCUT2D eigenvalue weighted by molar-refractivity contribution is -0.125. The third kappa shape index (κ3) is 1.64. The monoisotopic (exact) mass is 224 g/mol. The number of nitrogens with one attached hydrogen (secondary N) is 1. The van der Waals surface area contributed by atoms with E-state index in [0.29, 0.717) is 0 Å². The van der Waals surface area contributed by atoms with Gasteiger partial charge in [0.1, 0.15) is 0 Å². The molecule has 3 rings (SSSR count). The number of ether oxygens (including phenoxy) is 1. The minimum absolute atomic E-state index is 0.100. The van der Waals surface area contributed by atoms with Crippen LogP contribution in [-0.2, 0) is 9.53 Å². The molecule has 4 nitrogen and oxygen atoms in total. The highest BCUT2D eigenvalue weighted by Crippen LogP contribution is 2.32. The van der Waals surface area contributed by atoms with E-state index in [9.17, 15) is 4.79 Å². The molecule has 3 unspecified atom stereocenters. The maximum atomic E-state index is 11.9. The molecule has 3 atom stereocenters. The highest BCUT2D eigenvalue weighted by atomic mass is 16.5. The largest absolute Gasteiger partial charge is 0.379 e. The Morgan fingerprint density at radius 3 is 3.19 bits per heavy atom. The van der Waals surface area contributed by atoms with Crippen LogP contribution in [0.2, 0.25) is 0 Å². The number of rotatable bonds is 0. The molecule has 90 valence electrons. The van der Waals surface area contributed by atoms with Gasteiger partial charge in [-0.1, -0.05) is 0 Å². The van der Waals surface area contributed by atoms with Gasteiger partial charge in [0, 0.05) is 19.7 Å². The van der Waals surface area contributed by atoms with Crippen LogP contribution in [0, 0.1) is 5.92 Å². The van der Waals surface area contributed by atoms with Gasteiger partial charge in [-0.3, -0.25) is 9.69 Å². The van der Waals surface area contributed by atoms with Gasteiger partial charge in [-0.15, -0.1) is 0 Å². The first-order chi connectivity index (χ1) is 7.80. The summed E-state index contributed by atoms with van der Waals surface area (Å²) in [4.78, 5) is 14.4. The van der Waals surface area contributed by atoms with Crippen molar-refractivity contribution < 1.29 is 9.53 Å².